The van der Waals surface area contributed by atoms with Gasteiger partial charge in [0.25, 0.3) is 0 Å². The highest BCUT2D eigenvalue weighted by molar-refractivity contribution is 7.92. The standard InChI is InChI=1S/C31H35ClFN3O4S/c1-41(39,40)36(28-14-8-11-25(32)20-28)22-30(37)35(21-24-15-17-26(33)18-16-24)29(19-23-9-4-2-5-10-23)31(38)34-27-12-6-3-7-13-27/h2,4-5,8-11,14-18,20,27,29H,3,6-7,12-13,19,21-22H2,1H3,(H,34,38). The molecule has 0 spiro atoms. The van der Waals surface area contributed by atoms with Crippen molar-refractivity contribution >= 4 is 39.1 Å². The van der Waals surface area contributed by atoms with Crippen LogP contribution in [-0.4, -0.2) is 50.0 Å². The summed E-state index contributed by atoms with van der Waals surface area (Å²) in [5.74, 6) is -1.30. The number of rotatable bonds is 11. The molecule has 1 aliphatic carbocycles. The predicted octanol–water partition coefficient (Wildman–Crippen LogP) is 5.33. The molecule has 3 aromatic rings. The lowest BCUT2D eigenvalue weighted by molar-refractivity contribution is -0.140. The van der Waals surface area contributed by atoms with E-state index in [9.17, 15) is 22.4 Å². The molecule has 218 valence electrons. The fraction of sp³-hybridized carbons (Fsp3) is 0.355. The summed E-state index contributed by atoms with van der Waals surface area (Å²) in [6.07, 6.45) is 6.15. The number of benzene rings is 3. The zero-order chi connectivity index (χ0) is 29.4. The van der Waals surface area contributed by atoms with Crippen molar-refractivity contribution in [3.8, 4) is 0 Å². The Kier molecular flexibility index (Phi) is 10.4. The van der Waals surface area contributed by atoms with E-state index in [1.165, 1.54) is 23.1 Å². The molecule has 41 heavy (non-hydrogen) atoms. The van der Waals surface area contributed by atoms with Crippen LogP contribution >= 0.6 is 11.6 Å². The van der Waals surface area contributed by atoms with Crippen molar-refractivity contribution in [2.75, 3.05) is 17.1 Å². The van der Waals surface area contributed by atoms with Gasteiger partial charge in [-0.1, -0.05) is 79.4 Å². The zero-order valence-corrected chi connectivity index (χ0v) is 24.6. The van der Waals surface area contributed by atoms with Crippen LogP contribution in [0, 0.1) is 5.82 Å². The molecule has 4 rings (SSSR count). The molecule has 0 aliphatic heterocycles. The van der Waals surface area contributed by atoms with Crippen LogP contribution in [0.5, 0.6) is 0 Å². The monoisotopic (exact) mass is 599 g/mol. The number of nitrogens with one attached hydrogen (secondary N) is 1. The van der Waals surface area contributed by atoms with Gasteiger partial charge in [0.15, 0.2) is 0 Å². The second kappa shape index (κ2) is 14.0. The van der Waals surface area contributed by atoms with Gasteiger partial charge in [-0.05, 0) is 54.3 Å². The number of nitrogens with zero attached hydrogens (tertiary/aromatic N) is 2. The number of carbonyl (C=O) groups is 2. The first kappa shape index (κ1) is 30.5. The van der Waals surface area contributed by atoms with Gasteiger partial charge in [0.1, 0.15) is 18.4 Å². The van der Waals surface area contributed by atoms with Crippen LogP contribution in [0.15, 0.2) is 78.9 Å². The topological polar surface area (TPSA) is 86.8 Å². The molecule has 1 saturated carbocycles. The minimum atomic E-state index is -3.89. The number of hydrogen-bond donors (Lipinski definition) is 1. The van der Waals surface area contributed by atoms with Crippen molar-refractivity contribution < 1.29 is 22.4 Å². The lowest BCUT2D eigenvalue weighted by atomic mass is 9.94. The summed E-state index contributed by atoms with van der Waals surface area (Å²) >= 11 is 6.13. The molecule has 10 heteroatoms. The van der Waals surface area contributed by atoms with Gasteiger partial charge in [-0.2, -0.15) is 0 Å². The van der Waals surface area contributed by atoms with E-state index < -0.39 is 34.3 Å². The van der Waals surface area contributed by atoms with Gasteiger partial charge in [0.2, 0.25) is 21.8 Å². The molecular weight excluding hydrogens is 565 g/mol. The molecule has 1 N–H and O–H groups in total. The Bertz CT molecular complexity index is 1430. The van der Waals surface area contributed by atoms with E-state index >= 15 is 0 Å². The molecule has 0 aromatic heterocycles. The molecule has 1 fully saturated rings. The largest absolute Gasteiger partial charge is 0.352 e. The lowest BCUT2D eigenvalue weighted by Crippen LogP contribution is -2.55. The molecule has 0 radical (unpaired) electrons. The van der Waals surface area contributed by atoms with Crippen LogP contribution in [0.1, 0.15) is 43.2 Å². The van der Waals surface area contributed by atoms with Gasteiger partial charge < -0.3 is 10.2 Å². The van der Waals surface area contributed by atoms with Crippen LogP contribution in [0.4, 0.5) is 10.1 Å². The first-order valence-electron chi connectivity index (χ1n) is 13.7. The molecule has 2 amide bonds. The van der Waals surface area contributed by atoms with Crippen molar-refractivity contribution in [1.82, 2.24) is 10.2 Å². The Morgan fingerprint density at radius 2 is 1.63 bits per heavy atom. The lowest BCUT2D eigenvalue weighted by Gasteiger charge is -2.35. The van der Waals surface area contributed by atoms with Crippen molar-refractivity contribution in [3.63, 3.8) is 0 Å². The normalized spacial score (nSPS) is 14.7. The summed E-state index contributed by atoms with van der Waals surface area (Å²) in [6, 6.07) is 20.4. The average Bonchev–Trinajstić information content (AvgIpc) is 2.95. The van der Waals surface area contributed by atoms with Crippen LogP contribution in [0.2, 0.25) is 5.02 Å². The van der Waals surface area contributed by atoms with Crippen molar-refractivity contribution in [1.29, 1.82) is 0 Å². The van der Waals surface area contributed by atoms with E-state index in [0.29, 0.717) is 10.6 Å². The Labute approximate surface area is 246 Å². The fourth-order valence-corrected chi connectivity index (χ4v) is 6.16. The van der Waals surface area contributed by atoms with E-state index in [-0.39, 0.29) is 30.6 Å². The number of hydrogen-bond acceptors (Lipinski definition) is 4. The molecule has 0 bridgehead atoms. The number of anilines is 1. The molecule has 1 unspecified atom stereocenters. The highest BCUT2D eigenvalue weighted by Gasteiger charge is 2.34. The Balaban J connectivity index is 1.71. The van der Waals surface area contributed by atoms with Crippen LogP contribution < -0.4 is 9.62 Å². The molecule has 0 heterocycles. The predicted molar refractivity (Wildman–Crippen MR) is 160 cm³/mol. The van der Waals surface area contributed by atoms with E-state index in [2.05, 4.69) is 5.32 Å². The van der Waals surface area contributed by atoms with Crippen molar-refractivity contribution in [3.05, 3.63) is 101 Å². The van der Waals surface area contributed by atoms with Crippen molar-refractivity contribution in [2.45, 2.75) is 57.2 Å². The molecular formula is C31H35ClFN3O4S. The summed E-state index contributed by atoms with van der Waals surface area (Å²) in [6.45, 7) is -0.551. The summed E-state index contributed by atoms with van der Waals surface area (Å²) in [4.78, 5) is 29.4. The summed E-state index contributed by atoms with van der Waals surface area (Å²) in [5.41, 5.74) is 1.70. The maximum absolute atomic E-state index is 14.1. The minimum absolute atomic E-state index is 0.0104. The van der Waals surface area contributed by atoms with E-state index in [1.807, 2.05) is 30.3 Å². The average molecular weight is 600 g/mol. The van der Waals surface area contributed by atoms with Crippen LogP contribution in [0.25, 0.3) is 0 Å². The van der Waals surface area contributed by atoms with Gasteiger partial charge in [0.05, 0.1) is 11.9 Å². The quantitative estimate of drug-likeness (QED) is 0.323. The highest BCUT2D eigenvalue weighted by atomic mass is 35.5. The zero-order valence-electron chi connectivity index (χ0n) is 23.0. The first-order chi connectivity index (χ1) is 19.6. The SMILES string of the molecule is CS(=O)(=O)N(CC(=O)N(Cc1ccc(F)cc1)C(Cc1ccccc1)C(=O)NC1CCCCC1)c1cccc(Cl)c1. The second-order valence-corrected chi connectivity index (χ2v) is 12.8. The van der Waals surface area contributed by atoms with Gasteiger partial charge in [-0.25, -0.2) is 12.8 Å². The maximum atomic E-state index is 14.1. The Hall–Kier alpha value is -3.43. The van der Waals surface area contributed by atoms with E-state index in [0.717, 1.165) is 48.2 Å². The van der Waals surface area contributed by atoms with E-state index in [1.54, 1.807) is 30.3 Å². The molecule has 1 aliphatic rings. The number of amides is 2. The Morgan fingerprint density at radius 1 is 0.951 bits per heavy atom. The third kappa shape index (κ3) is 8.78. The van der Waals surface area contributed by atoms with Crippen LogP contribution in [0.3, 0.4) is 0 Å². The molecule has 3 aromatic carbocycles. The van der Waals surface area contributed by atoms with Crippen molar-refractivity contribution in [2.24, 2.45) is 0 Å². The molecule has 1 atom stereocenters. The summed E-state index contributed by atoms with van der Waals surface area (Å²) < 4.78 is 40.4. The molecule has 7 nitrogen and oxygen atoms in total. The second-order valence-electron chi connectivity index (χ2n) is 10.4. The molecule has 0 saturated heterocycles. The van der Waals surface area contributed by atoms with E-state index in [4.69, 9.17) is 11.6 Å². The minimum Gasteiger partial charge on any atom is -0.352 e. The maximum Gasteiger partial charge on any atom is 0.244 e. The van der Waals surface area contributed by atoms with Gasteiger partial charge in [-0.3, -0.25) is 13.9 Å². The third-order valence-corrected chi connectivity index (χ3v) is 8.64. The Morgan fingerprint density at radius 3 is 2.27 bits per heavy atom. The third-order valence-electron chi connectivity index (χ3n) is 7.26. The van der Waals surface area contributed by atoms with Gasteiger partial charge in [0, 0.05) is 24.0 Å². The number of halogens is 2. The summed E-state index contributed by atoms with van der Waals surface area (Å²) in [7, 11) is -3.89. The van der Waals surface area contributed by atoms with Crippen LogP contribution in [-0.2, 0) is 32.6 Å². The fourth-order valence-electron chi connectivity index (χ4n) is 5.13. The summed E-state index contributed by atoms with van der Waals surface area (Å²) in [5, 5.41) is 3.47. The van der Waals surface area contributed by atoms with Gasteiger partial charge >= 0.3 is 0 Å². The highest BCUT2D eigenvalue weighted by Crippen LogP contribution is 2.24. The van der Waals surface area contributed by atoms with Gasteiger partial charge in [-0.15, -0.1) is 0 Å². The smallest absolute Gasteiger partial charge is 0.244 e. The first-order valence-corrected chi connectivity index (χ1v) is 15.9. The number of carbonyl (C=O) groups excluding carboxylic acids is 2. The number of sulfonamides is 1.